The Balaban J connectivity index is 2.14. The number of nitrogens with zero attached hydrogens (tertiary/aromatic N) is 1. The van der Waals surface area contributed by atoms with Gasteiger partial charge in [-0.3, -0.25) is 9.59 Å². The summed E-state index contributed by atoms with van der Waals surface area (Å²) in [5.74, 6) is -3.19. The molecule has 19 nitrogen and oxygen atoms in total. The van der Waals surface area contributed by atoms with Crippen molar-refractivity contribution >= 4 is 58.7 Å². The van der Waals surface area contributed by atoms with E-state index in [1.54, 1.807) is 87.4 Å². The predicted octanol–water partition coefficient (Wildman–Crippen LogP) is 8.67. The van der Waals surface area contributed by atoms with E-state index in [4.69, 9.17) is 42.6 Å². The highest BCUT2D eigenvalue weighted by atomic mass is 16.6. The quantitative estimate of drug-likeness (QED) is 0.0188. The van der Waals surface area contributed by atoms with Crippen LogP contribution in [0.25, 0.3) is 33.0 Å². The van der Waals surface area contributed by atoms with Gasteiger partial charge in [-0.1, -0.05) is 46.4 Å². The highest BCUT2D eigenvalue weighted by Crippen LogP contribution is 2.49. The number of aldehydes is 1. The molecular formula is C51H63N3O16. The predicted molar refractivity (Wildman–Crippen MR) is 259 cm³/mol. The van der Waals surface area contributed by atoms with Crippen LogP contribution in [0, 0.1) is 11.8 Å². The molecule has 378 valence electrons. The molecule has 2 atom stereocenters. The molecule has 0 saturated heterocycles. The molecule has 0 bridgehead atoms. The molecule has 0 radical (unpaired) electrons. The Labute approximate surface area is 406 Å². The number of amides is 2. The number of rotatable bonds is 20. The van der Waals surface area contributed by atoms with Gasteiger partial charge < -0.3 is 62.8 Å². The molecular weight excluding hydrogens is 911 g/mol. The zero-order valence-corrected chi connectivity index (χ0v) is 42.0. The number of esters is 2. The summed E-state index contributed by atoms with van der Waals surface area (Å²) < 4.78 is 51.9. The minimum absolute atomic E-state index is 0.0106. The van der Waals surface area contributed by atoms with Crippen molar-refractivity contribution in [2.75, 3.05) is 35.0 Å². The fourth-order valence-corrected chi connectivity index (χ4v) is 7.27. The smallest absolute Gasteiger partial charge is 0.408 e. The number of aliphatic hydroxyl groups excluding tert-OH is 1. The van der Waals surface area contributed by atoms with Crippen LogP contribution in [-0.4, -0.2) is 105 Å². The lowest BCUT2D eigenvalue weighted by molar-refractivity contribution is -0.138. The highest BCUT2D eigenvalue weighted by molar-refractivity contribution is 6.13. The van der Waals surface area contributed by atoms with Crippen LogP contribution >= 0.6 is 0 Å². The van der Waals surface area contributed by atoms with E-state index in [0.29, 0.717) is 17.2 Å². The second-order valence-corrected chi connectivity index (χ2v) is 18.4. The number of methoxy groups -OCH3 is 4. The molecule has 0 aliphatic heterocycles. The molecule has 70 heavy (non-hydrogen) atoms. The molecule has 3 N–H and O–H groups in total. The van der Waals surface area contributed by atoms with Gasteiger partial charge in [-0.15, -0.1) is 0 Å². The fraction of sp³-hybridized carbons (Fsp3) is 0.412. The Hall–Kier alpha value is -7.54. The standard InChI is InChI=1S/C51H63N3O16/c1-16-31(35(57)22-30(25-62-12)66-26-56)40-34(24-55)54-20-19-32-33(23-38(64-14)45(65-15)44(32)68-47(59)42(28(4)5)53-49(61)70-51(9,10)11)43(54)39(40)29-17-18-36(37(21-29)63-13)67-46(58)41(27(2)3)52-48(60)69-50(6,7)8/h16-24,26-28,41-42,57H,1,25H2,2-15H3,(H,52,60)(H,53,61)/b30-22+,35-31-. The van der Waals surface area contributed by atoms with Crippen molar-refractivity contribution in [1.29, 1.82) is 0 Å². The number of alkyl carbamates (subject to hydrolysis) is 2. The van der Waals surface area contributed by atoms with Gasteiger partial charge in [-0.05, 0) is 83.2 Å². The third kappa shape index (κ3) is 13.0. The first-order valence-corrected chi connectivity index (χ1v) is 22.1. The highest BCUT2D eigenvalue weighted by Gasteiger charge is 2.34. The van der Waals surface area contributed by atoms with Crippen molar-refractivity contribution in [1.82, 2.24) is 15.0 Å². The summed E-state index contributed by atoms with van der Waals surface area (Å²) in [5.41, 5.74) is -0.756. The van der Waals surface area contributed by atoms with E-state index in [9.17, 15) is 33.9 Å². The van der Waals surface area contributed by atoms with Crippen LogP contribution in [0.3, 0.4) is 0 Å². The minimum Gasteiger partial charge on any atom is -0.507 e. The van der Waals surface area contributed by atoms with E-state index in [-0.39, 0.29) is 80.9 Å². The van der Waals surface area contributed by atoms with Gasteiger partial charge >= 0.3 is 24.1 Å². The third-order valence-electron chi connectivity index (χ3n) is 10.2. The van der Waals surface area contributed by atoms with E-state index in [2.05, 4.69) is 17.2 Å². The van der Waals surface area contributed by atoms with Crippen molar-refractivity contribution in [2.45, 2.75) is 92.5 Å². The third-order valence-corrected chi connectivity index (χ3v) is 10.2. The summed E-state index contributed by atoms with van der Waals surface area (Å²) in [6.07, 6.45) is 2.86. The van der Waals surface area contributed by atoms with Gasteiger partial charge in [0, 0.05) is 46.9 Å². The summed E-state index contributed by atoms with van der Waals surface area (Å²) in [7, 11) is 5.42. The van der Waals surface area contributed by atoms with Crippen LogP contribution < -0.4 is 34.3 Å². The van der Waals surface area contributed by atoms with Crippen LogP contribution in [0.5, 0.6) is 28.7 Å². The molecule has 2 heterocycles. The number of allylic oxidation sites excluding steroid dienone is 3. The second-order valence-electron chi connectivity index (χ2n) is 18.4. The van der Waals surface area contributed by atoms with Crippen LogP contribution in [0.4, 0.5) is 9.59 Å². The number of pyridine rings is 1. The first kappa shape index (κ1) is 55.1. The van der Waals surface area contributed by atoms with E-state index < -0.39 is 65.0 Å². The molecule has 0 aliphatic rings. The lowest BCUT2D eigenvalue weighted by Crippen LogP contribution is -2.48. The number of carbonyl (C=O) groups excluding carboxylic acids is 6. The van der Waals surface area contributed by atoms with Gasteiger partial charge in [-0.2, -0.15) is 0 Å². The monoisotopic (exact) mass is 973 g/mol. The molecule has 0 fully saturated rings. The molecule has 0 spiro atoms. The fourth-order valence-electron chi connectivity index (χ4n) is 7.27. The largest absolute Gasteiger partial charge is 0.507 e. The van der Waals surface area contributed by atoms with Crippen molar-refractivity contribution in [2.24, 2.45) is 11.8 Å². The van der Waals surface area contributed by atoms with Gasteiger partial charge in [0.1, 0.15) is 41.4 Å². The van der Waals surface area contributed by atoms with E-state index in [1.807, 2.05) is 0 Å². The number of fused-ring (bicyclic) bond motifs is 3. The Morgan fingerprint density at radius 3 is 1.79 bits per heavy atom. The topological polar surface area (TPSA) is 234 Å². The summed E-state index contributed by atoms with van der Waals surface area (Å²) >= 11 is 0. The van der Waals surface area contributed by atoms with E-state index >= 15 is 0 Å². The van der Waals surface area contributed by atoms with Crippen LogP contribution in [-0.2, 0) is 33.3 Å². The molecule has 0 saturated carbocycles. The SMILES string of the molecule is C=C/C(=C(O)\C=C(/COC)OC=O)c1c(-c2ccc(OC(=O)C(NC(=O)OC(C)(C)C)C(C)C)c(OC)c2)c2c3cc(OC)c(OC)c(OC(=O)C(NC(=O)OC(C)(C)C)C(C)C)c3ccn2c1C=O. The van der Waals surface area contributed by atoms with Gasteiger partial charge in [0.25, 0.3) is 6.47 Å². The molecule has 0 aliphatic carbocycles. The molecule has 4 rings (SSSR count). The maximum atomic E-state index is 14.2. The normalized spacial score (nSPS) is 13.2. The van der Waals surface area contributed by atoms with Crippen LogP contribution in [0.2, 0.25) is 0 Å². The molecule has 2 amide bonds. The summed E-state index contributed by atoms with van der Waals surface area (Å²) in [6.45, 7) is 20.9. The maximum absolute atomic E-state index is 14.2. The molecule has 2 aromatic heterocycles. The summed E-state index contributed by atoms with van der Waals surface area (Å²) in [5, 5.41) is 17.6. The number of aromatic nitrogens is 1. The van der Waals surface area contributed by atoms with Crippen molar-refractivity contribution < 1.29 is 76.5 Å². The summed E-state index contributed by atoms with van der Waals surface area (Å²) in [4.78, 5) is 78.4. The maximum Gasteiger partial charge on any atom is 0.408 e. The second kappa shape index (κ2) is 23.2. The lowest BCUT2D eigenvalue weighted by Gasteiger charge is -2.25. The first-order valence-electron chi connectivity index (χ1n) is 22.1. The number of ether oxygens (including phenoxy) is 9. The molecule has 19 heteroatoms. The lowest BCUT2D eigenvalue weighted by atomic mass is 9.93. The van der Waals surface area contributed by atoms with Crippen LogP contribution in [0.1, 0.15) is 85.3 Å². The Kier molecular flexibility index (Phi) is 18.2. The van der Waals surface area contributed by atoms with Crippen molar-refractivity contribution in [3.63, 3.8) is 0 Å². The number of hydrogen-bond acceptors (Lipinski definition) is 16. The first-order chi connectivity index (χ1) is 32.9. The number of hydrogen-bond donors (Lipinski definition) is 3. The van der Waals surface area contributed by atoms with E-state index in [0.717, 1.165) is 6.08 Å². The van der Waals surface area contributed by atoms with Crippen LogP contribution in [0.15, 0.2) is 66.8 Å². The number of carbonyl (C=O) groups is 6. The Morgan fingerprint density at radius 1 is 0.743 bits per heavy atom. The Bertz CT molecular complexity index is 2700. The minimum atomic E-state index is -1.20. The summed E-state index contributed by atoms with van der Waals surface area (Å²) in [6, 6.07) is 5.38. The zero-order valence-electron chi connectivity index (χ0n) is 42.0. The zero-order chi connectivity index (χ0) is 52.4. The average Bonchev–Trinajstić information content (AvgIpc) is 3.60. The van der Waals surface area contributed by atoms with Gasteiger partial charge in [0.15, 0.2) is 29.3 Å². The number of aliphatic hydroxyl groups is 1. The van der Waals surface area contributed by atoms with E-state index in [1.165, 1.54) is 57.2 Å². The van der Waals surface area contributed by atoms with Gasteiger partial charge in [0.2, 0.25) is 5.75 Å². The molecule has 2 aromatic carbocycles. The number of nitrogens with one attached hydrogen (secondary N) is 2. The van der Waals surface area contributed by atoms with Gasteiger partial charge in [-0.25, -0.2) is 19.2 Å². The molecule has 4 aromatic rings. The van der Waals surface area contributed by atoms with Crippen molar-refractivity contribution in [3.05, 3.63) is 78.0 Å². The number of benzene rings is 2. The molecule has 2 unspecified atom stereocenters. The average molecular weight is 974 g/mol. The van der Waals surface area contributed by atoms with Gasteiger partial charge in [0.05, 0.1) is 32.5 Å². The Morgan fingerprint density at radius 2 is 1.31 bits per heavy atom. The van der Waals surface area contributed by atoms with Crippen molar-refractivity contribution in [3.8, 4) is 39.9 Å².